The van der Waals surface area contributed by atoms with Gasteiger partial charge in [-0.05, 0) is 55.5 Å². The Morgan fingerprint density at radius 3 is 2.00 bits per heavy atom. The minimum absolute atomic E-state index is 0.155. The van der Waals surface area contributed by atoms with Crippen molar-refractivity contribution in [3.63, 3.8) is 0 Å². The largest absolute Gasteiger partial charge is 0.508 e. The molecule has 0 aromatic heterocycles. The number of carbonyl (C=O) groups excluding carboxylic acids is 1. The fourth-order valence-corrected chi connectivity index (χ4v) is 1.64. The monoisotopic (exact) mass is 272 g/mol. The van der Waals surface area contributed by atoms with E-state index in [-0.39, 0.29) is 11.8 Å². The number of aromatic hydroxyl groups is 1. The van der Waals surface area contributed by atoms with Gasteiger partial charge >= 0.3 is 6.03 Å². The van der Waals surface area contributed by atoms with E-state index in [4.69, 9.17) is 9.84 Å². The summed E-state index contributed by atoms with van der Waals surface area (Å²) >= 11 is 0. The lowest BCUT2D eigenvalue weighted by atomic mass is 10.3. The number of phenolic OH excluding ortho intramolecular Hbond substituents is 1. The predicted octanol–water partition coefficient (Wildman–Crippen LogP) is 3.43. The highest BCUT2D eigenvalue weighted by Gasteiger charge is 2.03. The highest BCUT2D eigenvalue weighted by molar-refractivity contribution is 5.99. The molecule has 2 amide bonds. The van der Waals surface area contributed by atoms with Crippen molar-refractivity contribution in [1.82, 2.24) is 0 Å². The molecular weight excluding hydrogens is 256 g/mol. The molecule has 0 aliphatic carbocycles. The maximum absolute atomic E-state index is 11.8. The molecule has 5 heteroatoms. The molecule has 2 aromatic rings. The van der Waals surface area contributed by atoms with E-state index in [1.807, 2.05) is 6.92 Å². The van der Waals surface area contributed by atoms with Crippen molar-refractivity contribution in [3.05, 3.63) is 48.5 Å². The van der Waals surface area contributed by atoms with Gasteiger partial charge in [-0.15, -0.1) is 0 Å². The third-order valence-electron chi connectivity index (χ3n) is 2.55. The molecular formula is C15H16N2O3. The molecule has 0 atom stereocenters. The molecule has 5 nitrogen and oxygen atoms in total. The Morgan fingerprint density at radius 2 is 1.50 bits per heavy atom. The van der Waals surface area contributed by atoms with Crippen LogP contribution >= 0.6 is 0 Å². The highest BCUT2D eigenvalue weighted by Crippen LogP contribution is 2.17. The maximum Gasteiger partial charge on any atom is 0.323 e. The van der Waals surface area contributed by atoms with Crippen molar-refractivity contribution in [2.45, 2.75) is 6.92 Å². The van der Waals surface area contributed by atoms with Crippen LogP contribution in [-0.2, 0) is 0 Å². The molecule has 0 fully saturated rings. The Kier molecular flexibility index (Phi) is 4.44. The number of phenols is 1. The molecule has 3 N–H and O–H groups in total. The van der Waals surface area contributed by atoms with Gasteiger partial charge in [-0.3, -0.25) is 0 Å². The molecule has 2 rings (SSSR count). The number of rotatable bonds is 4. The summed E-state index contributed by atoms with van der Waals surface area (Å²) in [4.78, 5) is 11.8. The summed E-state index contributed by atoms with van der Waals surface area (Å²) in [7, 11) is 0. The van der Waals surface area contributed by atoms with Gasteiger partial charge in [0.15, 0.2) is 0 Å². The standard InChI is InChI=1S/C15H16N2O3/c1-2-20-14-9-5-12(6-10-14)17-15(19)16-11-3-7-13(18)8-4-11/h3-10,18H,2H2,1H3,(H2,16,17,19). The molecule has 2 aromatic carbocycles. The van der Waals surface area contributed by atoms with Gasteiger partial charge in [0.25, 0.3) is 0 Å². The van der Waals surface area contributed by atoms with E-state index in [0.717, 1.165) is 5.75 Å². The van der Waals surface area contributed by atoms with Crippen LogP contribution in [0.1, 0.15) is 6.92 Å². The van der Waals surface area contributed by atoms with Gasteiger partial charge in [0.2, 0.25) is 0 Å². The Labute approximate surface area is 117 Å². The van der Waals surface area contributed by atoms with Gasteiger partial charge in [0.05, 0.1) is 6.61 Å². The summed E-state index contributed by atoms with van der Waals surface area (Å²) in [5.74, 6) is 0.916. The smallest absolute Gasteiger partial charge is 0.323 e. The van der Waals surface area contributed by atoms with Crippen LogP contribution in [0.25, 0.3) is 0 Å². The number of ether oxygens (including phenoxy) is 1. The normalized spacial score (nSPS) is 9.85. The van der Waals surface area contributed by atoms with Gasteiger partial charge in [0.1, 0.15) is 11.5 Å². The van der Waals surface area contributed by atoms with E-state index in [0.29, 0.717) is 18.0 Å². The molecule has 0 unspecified atom stereocenters. The number of nitrogens with one attached hydrogen (secondary N) is 2. The second kappa shape index (κ2) is 6.47. The summed E-state index contributed by atoms with van der Waals surface area (Å²) in [5, 5.41) is 14.5. The summed E-state index contributed by atoms with van der Waals surface area (Å²) in [5.41, 5.74) is 1.27. The average Bonchev–Trinajstić information content (AvgIpc) is 2.44. The summed E-state index contributed by atoms with van der Waals surface area (Å²) in [6, 6.07) is 13.0. The number of hydrogen-bond donors (Lipinski definition) is 3. The van der Waals surface area contributed by atoms with Crippen LogP contribution in [0.15, 0.2) is 48.5 Å². The Morgan fingerprint density at radius 1 is 1.00 bits per heavy atom. The third-order valence-corrected chi connectivity index (χ3v) is 2.55. The van der Waals surface area contributed by atoms with Crippen molar-refractivity contribution in [3.8, 4) is 11.5 Å². The molecule has 0 spiro atoms. The first kappa shape index (κ1) is 13.7. The van der Waals surface area contributed by atoms with Gasteiger partial charge in [-0.25, -0.2) is 4.79 Å². The summed E-state index contributed by atoms with van der Waals surface area (Å²) < 4.78 is 5.32. The Balaban J connectivity index is 1.92. The zero-order chi connectivity index (χ0) is 14.4. The number of carbonyl (C=O) groups is 1. The van der Waals surface area contributed by atoms with Crippen LogP contribution in [0.4, 0.5) is 16.2 Å². The molecule has 0 aliphatic heterocycles. The molecule has 0 aliphatic rings. The van der Waals surface area contributed by atoms with E-state index in [9.17, 15) is 4.79 Å². The van der Waals surface area contributed by atoms with Gasteiger partial charge in [-0.1, -0.05) is 0 Å². The van der Waals surface area contributed by atoms with Crippen molar-refractivity contribution in [2.75, 3.05) is 17.2 Å². The van der Waals surface area contributed by atoms with Gasteiger partial charge < -0.3 is 20.5 Å². The van der Waals surface area contributed by atoms with Crippen LogP contribution < -0.4 is 15.4 Å². The molecule has 0 heterocycles. The zero-order valence-corrected chi connectivity index (χ0v) is 11.1. The van der Waals surface area contributed by atoms with Crippen molar-refractivity contribution >= 4 is 17.4 Å². The summed E-state index contributed by atoms with van der Waals surface area (Å²) in [6.07, 6.45) is 0. The highest BCUT2D eigenvalue weighted by atomic mass is 16.5. The fourth-order valence-electron chi connectivity index (χ4n) is 1.64. The molecule has 104 valence electrons. The maximum atomic E-state index is 11.8. The van der Waals surface area contributed by atoms with Crippen LogP contribution in [0.3, 0.4) is 0 Å². The minimum atomic E-state index is -0.347. The number of benzene rings is 2. The van der Waals surface area contributed by atoms with Gasteiger partial charge in [-0.2, -0.15) is 0 Å². The zero-order valence-electron chi connectivity index (χ0n) is 11.1. The van der Waals surface area contributed by atoms with E-state index in [2.05, 4.69) is 10.6 Å². The molecule has 20 heavy (non-hydrogen) atoms. The first-order valence-electron chi connectivity index (χ1n) is 6.27. The first-order chi connectivity index (χ1) is 9.67. The lowest BCUT2D eigenvalue weighted by Crippen LogP contribution is -2.19. The molecule has 0 radical (unpaired) electrons. The van der Waals surface area contributed by atoms with Crippen LogP contribution in [0.5, 0.6) is 11.5 Å². The van der Waals surface area contributed by atoms with Crippen molar-refractivity contribution in [1.29, 1.82) is 0 Å². The first-order valence-corrected chi connectivity index (χ1v) is 6.27. The molecule has 0 saturated heterocycles. The molecule has 0 saturated carbocycles. The quantitative estimate of drug-likeness (QED) is 0.747. The fraction of sp³-hybridized carbons (Fsp3) is 0.133. The lowest BCUT2D eigenvalue weighted by Gasteiger charge is -2.08. The van der Waals surface area contributed by atoms with E-state index in [1.54, 1.807) is 36.4 Å². The SMILES string of the molecule is CCOc1ccc(NC(=O)Nc2ccc(O)cc2)cc1. The number of amides is 2. The predicted molar refractivity (Wildman–Crippen MR) is 78.4 cm³/mol. The number of anilines is 2. The van der Waals surface area contributed by atoms with Crippen LogP contribution in [-0.4, -0.2) is 17.7 Å². The average molecular weight is 272 g/mol. The lowest BCUT2D eigenvalue weighted by molar-refractivity contribution is 0.262. The second-order valence-corrected chi connectivity index (χ2v) is 4.08. The molecule has 0 bridgehead atoms. The third kappa shape index (κ3) is 3.91. The van der Waals surface area contributed by atoms with Gasteiger partial charge in [0, 0.05) is 11.4 Å². The Bertz CT molecular complexity index is 565. The number of hydrogen-bond acceptors (Lipinski definition) is 3. The van der Waals surface area contributed by atoms with Crippen molar-refractivity contribution in [2.24, 2.45) is 0 Å². The minimum Gasteiger partial charge on any atom is -0.508 e. The van der Waals surface area contributed by atoms with E-state index < -0.39 is 0 Å². The van der Waals surface area contributed by atoms with Crippen LogP contribution in [0.2, 0.25) is 0 Å². The van der Waals surface area contributed by atoms with E-state index in [1.165, 1.54) is 12.1 Å². The number of urea groups is 1. The topological polar surface area (TPSA) is 70.6 Å². The summed E-state index contributed by atoms with van der Waals surface area (Å²) in [6.45, 7) is 2.52. The second-order valence-electron chi connectivity index (χ2n) is 4.08. The van der Waals surface area contributed by atoms with Crippen molar-refractivity contribution < 1.29 is 14.6 Å². The van der Waals surface area contributed by atoms with E-state index >= 15 is 0 Å². The van der Waals surface area contributed by atoms with Crippen LogP contribution in [0, 0.1) is 0 Å². The Hall–Kier alpha value is -2.69.